The number of carbonyl (C=O) groups excluding carboxylic acids is 3. The molecule has 7 nitrogen and oxygen atoms in total. The van der Waals surface area contributed by atoms with Crippen LogP contribution in [0.2, 0.25) is 0 Å². The fraction of sp³-hybridized carbons (Fsp3) is 0.400. The molecule has 1 aromatic carbocycles. The molecule has 6 N–H and O–H groups in total. The van der Waals surface area contributed by atoms with Gasteiger partial charge >= 0.3 is 6.03 Å². The van der Waals surface area contributed by atoms with Crippen molar-refractivity contribution in [2.45, 2.75) is 33.2 Å². The van der Waals surface area contributed by atoms with Crippen LogP contribution in [0, 0.1) is 12.8 Å². The molecule has 0 aliphatic rings. The number of rotatable bonds is 6. The first-order valence-corrected chi connectivity index (χ1v) is 6.98. The van der Waals surface area contributed by atoms with Gasteiger partial charge in [0.2, 0.25) is 11.8 Å². The summed E-state index contributed by atoms with van der Waals surface area (Å²) in [6.07, 6.45) is 0.461. The van der Waals surface area contributed by atoms with E-state index in [1.807, 2.05) is 13.8 Å². The van der Waals surface area contributed by atoms with E-state index in [9.17, 15) is 14.4 Å². The topological polar surface area (TPSA) is 127 Å². The molecule has 120 valence electrons. The van der Waals surface area contributed by atoms with Crippen molar-refractivity contribution >= 4 is 23.5 Å². The molecule has 0 unspecified atom stereocenters. The fourth-order valence-electron chi connectivity index (χ4n) is 1.99. The van der Waals surface area contributed by atoms with Gasteiger partial charge in [-0.2, -0.15) is 0 Å². The van der Waals surface area contributed by atoms with Gasteiger partial charge in [-0.05, 0) is 43.0 Å². The average Bonchev–Trinajstić information content (AvgIpc) is 2.39. The van der Waals surface area contributed by atoms with Gasteiger partial charge in [0, 0.05) is 11.3 Å². The number of carbonyl (C=O) groups is 3. The van der Waals surface area contributed by atoms with Crippen LogP contribution >= 0.6 is 0 Å². The van der Waals surface area contributed by atoms with Gasteiger partial charge in [-0.3, -0.25) is 9.59 Å². The van der Waals surface area contributed by atoms with Gasteiger partial charge in [0.05, 0.1) is 0 Å². The predicted octanol–water partition coefficient (Wildman–Crippen LogP) is 1.12. The Balaban J connectivity index is 2.75. The van der Waals surface area contributed by atoms with Gasteiger partial charge < -0.3 is 22.1 Å². The summed E-state index contributed by atoms with van der Waals surface area (Å²) >= 11 is 0. The second kappa shape index (κ2) is 7.44. The molecule has 7 heteroatoms. The summed E-state index contributed by atoms with van der Waals surface area (Å²) in [5.74, 6) is -0.899. The number of aryl methyl sites for hydroxylation is 1. The summed E-state index contributed by atoms with van der Waals surface area (Å²) in [6, 6.07) is 3.42. The number of anilines is 1. The first-order valence-electron chi connectivity index (χ1n) is 6.98. The Morgan fingerprint density at radius 2 is 1.82 bits per heavy atom. The van der Waals surface area contributed by atoms with E-state index in [1.165, 1.54) is 6.07 Å². The highest BCUT2D eigenvalue weighted by Crippen LogP contribution is 2.16. The van der Waals surface area contributed by atoms with Crippen molar-refractivity contribution in [2.75, 3.05) is 5.32 Å². The van der Waals surface area contributed by atoms with E-state index in [4.69, 9.17) is 11.5 Å². The van der Waals surface area contributed by atoms with Crippen molar-refractivity contribution in [3.63, 3.8) is 0 Å². The quantitative estimate of drug-likeness (QED) is 0.628. The summed E-state index contributed by atoms with van der Waals surface area (Å²) in [5, 5.41) is 5.17. The lowest BCUT2D eigenvalue weighted by Crippen LogP contribution is -2.46. The second-order valence-electron chi connectivity index (χ2n) is 5.58. The number of benzene rings is 1. The molecule has 0 aromatic heterocycles. The summed E-state index contributed by atoms with van der Waals surface area (Å²) in [4.78, 5) is 34.4. The molecule has 1 atom stereocenters. The zero-order chi connectivity index (χ0) is 16.9. The van der Waals surface area contributed by atoms with Crippen molar-refractivity contribution in [1.29, 1.82) is 0 Å². The number of nitrogens with two attached hydrogens (primary N) is 2. The minimum absolute atomic E-state index is 0.217. The van der Waals surface area contributed by atoms with Crippen LogP contribution in [-0.2, 0) is 4.79 Å². The highest BCUT2D eigenvalue weighted by Gasteiger charge is 2.19. The molecule has 0 radical (unpaired) electrons. The predicted molar refractivity (Wildman–Crippen MR) is 84.3 cm³/mol. The van der Waals surface area contributed by atoms with E-state index in [-0.39, 0.29) is 5.92 Å². The maximum atomic E-state index is 12.0. The van der Waals surface area contributed by atoms with Crippen LogP contribution in [-0.4, -0.2) is 23.9 Å². The van der Waals surface area contributed by atoms with Crippen molar-refractivity contribution in [3.8, 4) is 0 Å². The van der Waals surface area contributed by atoms with Crippen LogP contribution in [0.15, 0.2) is 18.2 Å². The van der Waals surface area contributed by atoms with E-state index in [2.05, 4.69) is 10.6 Å². The Hall–Kier alpha value is -2.57. The van der Waals surface area contributed by atoms with Crippen molar-refractivity contribution in [1.82, 2.24) is 5.32 Å². The van der Waals surface area contributed by atoms with Crippen molar-refractivity contribution in [2.24, 2.45) is 17.4 Å². The van der Waals surface area contributed by atoms with Crippen LogP contribution < -0.4 is 22.1 Å². The van der Waals surface area contributed by atoms with Crippen LogP contribution in [0.5, 0.6) is 0 Å². The third kappa shape index (κ3) is 5.08. The second-order valence-corrected chi connectivity index (χ2v) is 5.58. The Morgan fingerprint density at radius 3 is 2.27 bits per heavy atom. The number of primary amides is 2. The van der Waals surface area contributed by atoms with Gasteiger partial charge in [0.25, 0.3) is 0 Å². The van der Waals surface area contributed by atoms with E-state index < -0.39 is 23.9 Å². The van der Waals surface area contributed by atoms with Crippen LogP contribution in [0.4, 0.5) is 10.5 Å². The largest absolute Gasteiger partial charge is 0.368 e. The Bertz CT molecular complexity index is 584. The maximum absolute atomic E-state index is 12.0. The Labute approximate surface area is 129 Å². The van der Waals surface area contributed by atoms with Gasteiger partial charge in [-0.15, -0.1) is 0 Å². The summed E-state index contributed by atoms with van der Waals surface area (Å²) in [6.45, 7) is 5.60. The molecule has 0 spiro atoms. The smallest absolute Gasteiger partial charge is 0.319 e. The minimum atomic E-state index is -0.731. The molecule has 0 bridgehead atoms. The monoisotopic (exact) mass is 306 g/mol. The number of nitrogens with one attached hydrogen (secondary N) is 2. The van der Waals surface area contributed by atoms with Gasteiger partial charge in [0.1, 0.15) is 6.04 Å². The third-order valence-electron chi connectivity index (χ3n) is 3.11. The molecule has 1 rings (SSSR count). The molecular weight excluding hydrogens is 284 g/mol. The van der Waals surface area contributed by atoms with Crippen molar-refractivity contribution < 1.29 is 14.4 Å². The molecule has 0 heterocycles. The SMILES string of the molecule is Cc1cc(C(N)=O)ccc1NC(=O)N[C@@H](CC(C)C)C(N)=O. The van der Waals surface area contributed by atoms with Crippen LogP contribution in [0.25, 0.3) is 0 Å². The van der Waals surface area contributed by atoms with E-state index >= 15 is 0 Å². The van der Waals surface area contributed by atoms with E-state index in [0.29, 0.717) is 23.2 Å². The highest BCUT2D eigenvalue weighted by molar-refractivity contribution is 5.96. The zero-order valence-electron chi connectivity index (χ0n) is 13.0. The first kappa shape index (κ1) is 17.5. The first-order chi connectivity index (χ1) is 10.2. The molecule has 0 fully saturated rings. The lowest BCUT2D eigenvalue weighted by atomic mass is 10.0. The number of amides is 4. The molecule has 0 aliphatic carbocycles. The van der Waals surface area contributed by atoms with Crippen molar-refractivity contribution in [3.05, 3.63) is 29.3 Å². The lowest BCUT2D eigenvalue weighted by molar-refractivity contribution is -0.120. The van der Waals surface area contributed by atoms with Gasteiger partial charge in [-0.1, -0.05) is 13.8 Å². The molecule has 1 aromatic rings. The normalized spacial score (nSPS) is 11.8. The lowest BCUT2D eigenvalue weighted by Gasteiger charge is -2.18. The van der Waals surface area contributed by atoms with Crippen LogP contribution in [0.3, 0.4) is 0 Å². The molecule has 0 saturated heterocycles. The summed E-state index contributed by atoms with van der Waals surface area (Å²) in [7, 11) is 0. The minimum Gasteiger partial charge on any atom is -0.368 e. The number of hydrogen-bond donors (Lipinski definition) is 4. The van der Waals surface area contributed by atoms with Crippen LogP contribution in [0.1, 0.15) is 36.2 Å². The molecule has 0 saturated carbocycles. The molecule has 0 aliphatic heterocycles. The van der Waals surface area contributed by atoms with E-state index in [1.54, 1.807) is 19.1 Å². The Kier molecular flexibility index (Phi) is 5.91. The standard InChI is InChI=1S/C15H22N4O3/c1-8(2)6-12(14(17)21)19-15(22)18-11-5-4-10(13(16)20)7-9(11)3/h4-5,7-8,12H,6H2,1-3H3,(H2,16,20)(H2,17,21)(H2,18,19,22)/t12-/m0/s1. The number of hydrogen-bond acceptors (Lipinski definition) is 3. The third-order valence-corrected chi connectivity index (χ3v) is 3.11. The fourth-order valence-corrected chi connectivity index (χ4v) is 1.99. The average molecular weight is 306 g/mol. The Morgan fingerprint density at radius 1 is 1.18 bits per heavy atom. The van der Waals surface area contributed by atoms with Gasteiger partial charge in [-0.25, -0.2) is 4.79 Å². The van der Waals surface area contributed by atoms with E-state index in [0.717, 1.165) is 0 Å². The molecule has 22 heavy (non-hydrogen) atoms. The highest BCUT2D eigenvalue weighted by atomic mass is 16.2. The summed E-state index contributed by atoms with van der Waals surface area (Å²) in [5.41, 5.74) is 12.0. The van der Waals surface area contributed by atoms with Gasteiger partial charge in [0.15, 0.2) is 0 Å². The molecule has 4 amide bonds. The zero-order valence-corrected chi connectivity index (χ0v) is 13.0. The molecular formula is C15H22N4O3. The summed E-state index contributed by atoms with van der Waals surface area (Å²) < 4.78 is 0. The maximum Gasteiger partial charge on any atom is 0.319 e. The number of urea groups is 1.